The van der Waals surface area contributed by atoms with Crippen LogP contribution >= 0.6 is 11.3 Å². The number of nitrogen functional groups attached to an aromatic ring is 1. The number of aromatic nitrogens is 1. The zero-order chi connectivity index (χ0) is 14.5. The molecule has 1 aromatic heterocycles. The molecule has 0 aliphatic heterocycles. The Morgan fingerprint density at radius 2 is 2.15 bits per heavy atom. The lowest BCUT2D eigenvalue weighted by molar-refractivity contribution is 0.0914. The highest BCUT2D eigenvalue weighted by Crippen LogP contribution is 2.29. The van der Waals surface area contributed by atoms with Gasteiger partial charge in [0.05, 0.1) is 0 Å². The lowest BCUT2D eigenvalue weighted by Gasteiger charge is -2.30. The molecule has 1 aromatic rings. The van der Waals surface area contributed by atoms with Gasteiger partial charge in [-0.2, -0.15) is 0 Å². The molecule has 6 nitrogen and oxygen atoms in total. The van der Waals surface area contributed by atoms with Crippen molar-refractivity contribution in [3.63, 3.8) is 0 Å². The Bertz CT molecular complexity index is 463. The van der Waals surface area contributed by atoms with E-state index in [1.165, 1.54) is 24.2 Å². The van der Waals surface area contributed by atoms with Gasteiger partial charge >= 0.3 is 0 Å². The lowest BCUT2D eigenvalue weighted by atomic mass is 9.79. The number of hydrogen-bond acceptors (Lipinski definition) is 6. The fraction of sp³-hybridized carbons (Fsp3) is 0.692. The first-order valence-electron chi connectivity index (χ1n) is 6.98. The predicted octanol–water partition coefficient (Wildman–Crippen LogP) is 1.30. The number of carbonyl (C=O) groups excluding carboxylic acids is 1. The first-order valence-corrected chi connectivity index (χ1v) is 7.80. The molecule has 0 saturated heterocycles. The summed E-state index contributed by atoms with van der Waals surface area (Å²) < 4.78 is 0. The number of aliphatic hydroxyl groups excluding tert-OH is 1. The third kappa shape index (κ3) is 3.40. The number of rotatable bonds is 5. The third-order valence-electron chi connectivity index (χ3n) is 3.90. The lowest BCUT2D eigenvalue weighted by Crippen LogP contribution is -2.35. The van der Waals surface area contributed by atoms with Crippen molar-refractivity contribution in [3.05, 3.63) is 4.88 Å². The molecule has 1 amide bonds. The topological polar surface area (TPSA) is 100 Å². The van der Waals surface area contributed by atoms with Crippen LogP contribution in [0.5, 0.6) is 0 Å². The number of nitrogens with zero attached hydrogens (tertiary/aromatic N) is 1. The van der Waals surface area contributed by atoms with Crippen LogP contribution in [-0.4, -0.2) is 36.2 Å². The number of nitrogens with two attached hydrogens (primary N) is 1. The van der Waals surface area contributed by atoms with E-state index in [0.29, 0.717) is 28.4 Å². The number of amides is 1. The van der Waals surface area contributed by atoms with Crippen molar-refractivity contribution < 1.29 is 9.90 Å². The van der Waals surface area contributed by atoms with Gasteiger partial charge in [-0.25, -0.2) is 4.98 Å². The highest BCUT2D eigenvalue weighted by Gasteiger charge is 2.25. The van der Waals surface area contributed by atoms with Crippen molar-refractivity contribution in [2.45, 2.75) is 25.7 Å². The summed E-state index contributed by atoms with van der Waals surface area (Å²) in [7, 11) is 1.74. The molecule has 1 heterocycles. The van der Waals surface area contributed by atoms with Gasteiger partial charge in [-0.15, -0.1) is 0 Å². The fourth-order valence-electron chi connectivity index (χ4n) is 2.70. The summed E-state index contributed by atoms with van der Waals surface area (Å²) in [5.41, 5.74) is 5.74. The smallest absolute Gasteiger partial charge is 0.265 e. The first kappa shape index (κ1) is 15.1. The summed E-state index contributed by atoms with van der Waals surface area (Å²) in [6.45, 7) is 0.795. The number of aliphatic hydroxyl groups is 1. The molecule has 0 spiro atoms. The Kier molecular flexibility index (Phi) is 5.19. The minimum atomic E-state index is -0.177. The Hall–Kier alpha value is -1.34. The number of nitrogens with one attached hydrogen (secondary N) is 2. The molecule has 0 bridgehead atoms. The molecular formula is C13H22N4O2S. The van der Waals surface area contributed by atoms with Crippen molar-refractivity contribution in [2.75, 3.05) is 31.2 Å². The maximum atomic E-state index is 12.1. The van der Waals surface area contributed by atoms with Gasteiger partial charge in [-0.1, -0.05) is 24.2 Å². The maximum Gasteiger partial charge on any atom is 0.265 e. The second-order valence-electron chi connectivity index (χ2n) is 5.18. The van der Waals surface area contributed by atoms with E-state index < -0.39 is 0 Å². The Morgan fingerprint density at radius 3 is 2.75 bits per heavy atom. The van der Waals surface area contributed by atoms with Crippen LogP contribution < -0.4 is 16.4 Å². The molecule has 5 N–H and O–H groups in total. The van der Waals surface area contributed by atoms with Crippen LogP contribution in [0.4, 0.5) is 10.9 Å². The maximum absolute atomic E-state index is 12.1. The molecule has 7 heteroatoms. The van der Waals surface area contributed by atoms with Crippen molar-refractivity contribution in [2.24, 2.45) is 11.8 Å². The third-order valence-corrected chi connectivity index (χ3v) is 4.99. The van der Waals surface area contributed by atoms with E-state index in [1.54, 1.807) is 7.05 Å². The van der Waals surface area contributed by atoms with Crippen LogP contribution in [0.2, 0.25) is 0 Å². The zero-order valence-electron chi connectivity index (χ0n) is 11.7. The Labute approximate surface area is 122 Å². The second kappa shape index (κ2) is 6.90. The standard InChI is InChI=1S/C13H22N4O2S/c1-15-13-17-11(14)10(20-13)12(19)16-6-8-4-2-3-5-9(8)7-18/h8-9,18H,2-7,14H2,1H3,(H,15,17)(H,16,19). The molecular weight excluding hydrogens is 276 g/mol. The summed E-state index contributed by atoms with van der Waals surface area (Å²) in [4.78, 5) is 16.6. The quantitative estimate of drug-likeness (QED) is 0.656. The highest BCUT2D eigenvalue weighted by molar-refractivity contribution is 7.18. The minimum Gasteiger partial charge on any atom is -0.396 e. The Morgan fingerprint density at radius 1 is 1.45 bits per heavy atom. The van der Waals surface area contributed by atoms with Gasteiger partial charge in [-0.3, -0.25) is 4.79 Å². The van der Waals surface area contributed by atoms with Crippen molar-refractivity contribution >= 4 is 28.2 Å². The van der Waals surface area contributed by atoms with Gasteiger partial charge in [0, 0.05) is 20.2 Å². The number of thiazole rings is 1. The summed E-state index contributed by atoms with van der Waals surface area (Å²) in [6.07, 6.45) is 4.45. The zero-order valence-corrected chi connectivity index (χ0v) is 12.5. The SMILES string of the molecule is CNc1nc(N)c(C(=O)NCC2CCCCC2CO)s1. The van der Waals surface area contributed by atoms with E-state index in [-0.39, 0.29) is 18.3 Å². The molecule has 112 valence electrons. The van der Waals surface area contributed by atoms with E-state index in [4.69, 9.17) is 5.73 Å². The first-order chi connectivity index (χ1) is 9.65. The Balaban J connectivity index is 1.92. The molecule has 1 aliphatic rings. The van der Waals surface area contributed by atoms with Gasteiger partial charge < -0.3 is 21.5 Å². The fourth-order valence-corrected chi connectivity index (χ4v) is 3.45. The largest absolute Gasteiger partial charge is 0.396 e. The summed E-state index contributed by atoms with van der Waals surface area (Å²) in [5.74, 6) is 0.745. The average molecular weight is 298 g/mol. The molecule has 1 saturated carbocycles. The molecule has 2 rings (SSSR count). The number of carbonyl (C=O) groups is 1. The molecule has 1 fully saturated rings. The van der Waals surface area contributed by atoms with Gasteiger partial charge in [0.15, 0.2) is 5.13 Å². The normalized spacial score (nSPS) is 22.5. The van der Waals surface area contributed by atoms with Crippen LogP contribution in [0.3, 0.4) is 0 Å². The van der Waals surface area contributed by atoms with Gasteiger partial charge in [0.25, 0.3) is 5.91 Å². The van der Waals surface area contributed by atoms with Crippen LogP contribution in [0, 0.1) is 11.8 Å². The van der Waals surface area contributed by atoms with Crippen LogP contribution in [0.25, 0.3) is 0 Å². The van der Waals surface area contributed by atoms with Gasteiger partial charge in [-0.05, 0) is 24.7 Å². The van der Waals surface area contributed by atoms with E-state index >= 15 is 0 Å². The molecule has 0 aromatic carbocycles. The summed E-state index contributed by atoms with van der Waals surface area (Å²) in [6, 6.07) is 0. The molecule has 2 unspecified atom stereocenters. The van der Waals surface area contributed by atoms with Gasteiger partial charge in [0.2, 0.25) is 0 Å². The van der Waals surface area contributed by atoms with E-state index in [1.807, 2.05) is 0 Å². The predicted molar refractivity (Wildman–Crippen MR) is 80.9 cm³/mol. The van der Waals surface area contributed by atoms with E-state index in [2.05, 4.69) is 15.6 Å². The molecule has 2 atom stereocenters. The minimum absolute atomic E-state index is 0.177. The van der Waals surface area contributed by atoms with Crippen LogP contribution in [-0.2, 0) is 0 Å². The molecule has 20 heavy (non-hydrogen) atoms. The van der Waals surface area contributed by atoms with Gasteiger partial charge in [0.1, 0.15) is 10.7 Å². The molecule has 0 radical (unpaired) electrons. The summed E-state index contributed by atoms with van der Waals surface area (Å²) in [5, 5.41) is 15.8. The molecule has 1 aliphatic carbocycles. The van der Waals surface area contributed by atoms with E-state index in [0.717, 1.165) is 12.8 Å². The monoisotopic (exact) mass is 298 g/mol. The van der Waals surface area contributed by atoms with E-state index in [9.17, 15) is 9.90 Å². The average Bonchev–Trinajstić information content (AvgIpc) is 2.86. The van der Waals surface area contributed by atoms with Crippen LogP contribution in [0.15, 0.2) is 0 Å². The van der Waals surface area contributed by atoms with Crippen LogP contribution in [0.1, 0.15) is 35.4 Å². The van der Waals surface area contributed by atoms with Crippen molar-refractivity contribution in [3.8, 4) is 0 Å². The van der Waals surface area contributed by atoms with Crippen molar-refractivity contribution in [1.29, 1.82) is 0 Å². The van der Waals surface area contributed by atoms with Crippen molar-refractivity contribution in [1.82, 2.24) is 10.3 Å². The number of anilines is 2. The number of hydrogen-bond donors (Lipinski definition) is 4. The highest BCUT2D eigenvalue weighted by atomic mass is 32.1. The summed E-state index contributed by atoms with van der Waals surface area (Å²) >= 11 is 1.25. The second-order valence-corrected chi connectivity index (χ2v) is 6.18.